The van der Waals surface area contributed by atoms with Gasteiger partial charge in [-0.25, -0.2) is 14.5 Å². The van der Waals surface area contributed by atoms with Crippen molar-refractivity contribution >= 4 is 34.5 Å². The number of Topliss-reactive ketones (excluding diaryl/α,β-unsaturated/α-hetero) is 1. The molecule has 13 nitrogen and oxygen atoms in total. The third-order valence-electron chi connectivity index (χ3n) is 7.77. The Morgan fingerprint density at radius 1 is 0.917 bits per heavy atom. The van der Waals surface area contributed by atoms with E-state index in [0.717, 1.165) is 5.56 Å². The Balaban J connectivity index is 0.000000318. The van der Waals surface area contributed by atoms with Crippen LogP contribution >= 0.6 is 0 Å². The molecule has 0 unspecified atom stereocenters. The molecule has 5 aromatic rings. The number of rotatable bonds is 8. The number of hydrogen-bond acceptors (Lipinski definition) is 9. The number of aromatic nitrogens is 4. The Morgan fingerprint density at radius 3 is 2.23 bits per heavy atom. The molecular formula is C35H36N6O7. The molecule has 0 radical (unpaired) electrons. The summed E-state index contributed by atoms with van der Waals surface area (Å²) in [5.41, 5.74) is 3.44. The highest BCUT2D eigenvalue weighted by atomic mass is 16.5. The second kappa shape index (κ2) is 15.2. The van der Waals surface area contributed by atoms with Crippen molar-refractivity contribution in [3.05, 3.63) is 107 Å². The third kappa shape index (κ3) is 7.26. The molecule has 48 heavy (non-hydrogen) atoms. The number of pyridine rings is 1. The number of nitrogens with zero attached hydrogens (tertiary/aromatic N) is 5. The van der Waals surface area contributed by atoms with Crippen LogP contribution in [0.1, 0.15) is 49.3 Å². The van der Waals surface area contributed by atoms with Gasteiger partial charge in [0.25, 0.3) is 17.6 Å². The minimum Gasteiger partial charge on any atom is -0.494 e. The molecule has 0 saturated carbocycles. The lowest BCUT2D eigenvalue weighted by atomic mass is 10.1. The maximum absolute atomic E-state index is 13.3. The zero-order chi connectivity index (χ0) is 34.2. The van der Waals surface area contributed by atoms with Crippen LogP contribution in [0.4, 0.5) is 0 Å². The van der Waals surface area contributed by atoms with Gasteiger partial charge in [0.2, 0.25) is 0 Å². The summed E-state index contributed by atoms with van der Waals surface area (Å²) in [5.74, 6) is -0.958. The third-order valence-corrected chi connectivity index (χ3v) is 7.77. The Morgan fingerprint density at radius 2 is 1.60 bits per heavy atom. The number of aliphatic hydroxyl groups excluding tert-OH is 1. The van der Waals surface area contributed by atoms with Crippen LogP contribution in [0.25, 0.3) is 16.7 Å². The Kier molecular flexibility index (Phi) is 10.6. The average Bonchev–Trinajstić information content (AvgIpc) is 3.80. The first-order valence-corrected chi connectivity index (χ1v) is 15.4. The molecule has 13 heteroatoms. The average molecular weight is 653 g/mol. The number of benzene rings is 2. The molecule has 6 rings (SSSR count). The monoisotopic (exact) mass is 652 g/mol. The fourth-order valence-electron chi connectivity index (χ4n) is 5.21. The van der Waals surface area contributed by atoms with Crippen molar-refractivity contribution in [2.75, 3.05) is 39.9 Å². The number of piperazine rings is 1. The number of H-pyrrole nitrogens is 1. The molecule has 0 aliphatic carbocycles. The smallest absolute Gasteiger partial charge is 0.338 e. The second-order valence-electron chi connectivity index (χ2n) is 10.9. The van der Waals surface area contributed by atoms with Crippen LogP contribution in [0.3, 0.4) is 0 Å². The summed E-state index contributed by atoms with van der Waals surface area (Å²) >= 11 is 0. The van der Waals surface area contributed by atoms with E-state index in [1.807, 2.05) is 25.1 Å². The molecule has 1 aliphatic rings. The van der Waals surface area contributed by atoms with E-state index < -0.39 is 11.7 Å². The van der Waals surface area contributed by atoms with Crippen molar-refractivity contribution in [2.24, 2.45) is 0 Å². The van der Waals surface area contributed by atoms with Gasteiger partial charge in [0, 0.05) is 44.1 Å². The van der Waals surface area contributed by atoms with Gasteiger partial charge in [-0.1, -0.05) is 35.9 Å². The summed E-state index contributed by atoms with van der Waals surface area (Å²) in [6.07, 6.45) is 4.56. The van der Waals surface area contributed by atoms with Gasteiger partial charge in [0.05, 0.1) is 54.2 Å². The summed E-state index contributed by atoms with van der Waals surface area (Å²) in [6, 6.07) is 18.0. The molecule has 3 aromatic heterocycles. The standard InChI is InChI=1S/C25H24N6O5.C10H12O2/c1-36-19-14-27-23(31-8-7-17(15-32)28-31)21-20(19)18(13-26-21)22(33)25(35)30-11-9-29(10-12-30)24(34)16-5-3-2-4-6-16;1-3-12-10(11)9-6-4-8(2)5-7-9/h2-8,13-14,26,32H,9-12,15H2,1H3;4-7H,3H2,1-2H3. The number of amides is 2. The van der Waals surface area contributed by atoms with Gasteiger partial charge < -0.3 is 29.4 Å². The molecule has 248 valence electrons. The van der Waals surface area contributed by atoms with Crippen LogP contribution < -0.4 is 4.74 Å². The first kappa shape index (κ1) is 33.5. The summed E-state index contributed by atoms with van der Waals surface area (Å²) in [5, 5.41) is 14.0. The van der Waals surface area contributed by atoms with Gasteiger partial charge in [-0.3, -0.25) is 14.4 Å². The van der Waals surface area contributed by atoms with E-state index in [-0.39, 0.29) is 37.1 Å². The lowest BCUT2D eigenvalue weighted by molar-refractivity contribution is -0.127. The molecule has 0 bridgehead atoms. The highest BCUT2D eigenvalue weighted by Crippen LogP contribution is 2.32. The van der Waals surface area contributed by atoms with E-state index in [9.17, 15) is 24.3 Å². The van der Waals surface area contributed by atoms with Gasteiger partial charge in [-0.05, 0) is 44.2 Å². The molecular weight excluding hydrogens is 616 g/mol. The number of fused-ring (bicyclic) bond motifs is 1. The predicted octanol–water partition coefficient (Wildman–Crippen LogP) is 3.59. The van der Waals surface area contributed by atoms with Crippen molar-refractivity contribution < 1.29 is 33.8 Å². The molecule has 2 amide bonds. The Labute approximate surface area is 276 Å². The van der Waals surface area contributed by atoms with Crippen molar-refractivity contribution in [3.8, 4) is 11.6 Å². The zero-order valence-corrected chi connectivity index (χ0v) is 26.9. The number of nitrogens with one attached hydrogen (secondary N) is 1. The van der Waals surface area contributed by atoms with E-state index in [1.165, 1.54) is 29.1 Å². The van der Waals surface area contributed by atoms with Crippen molar-refractivity contribution in [1.82, 2.24) is 29.5 Å². The fraction of sp³-hybridized carbons (Fsp3) is 0.257. The van der Waals surface area contributed by atoms with Crippen LogP contribution in [0.5, 0.6) is 5.75 Å². The second-order valence-corrected chi connectivity index (χ2v) is 10.9. The number of aryl methyl sites for hydroxylation is 1. The molecule has 1 saturated heterocycles. The van der Waals surface area contributed by atoms with Crippen LogP contribution in [0.15, 0.2) is 79.3 Å². The van der Waals surface area contributed by atoms with Gasteiger partial charge in [0.15, 0.2) is 5.82 Å². The van der Waals surface area contributed by atoms with E-state index in [4.69, 9.17) is 9.47 Å². The fourth-order valence-corrected chi connectivity index (χ4v) is 5.21. The largest absolute Gasteiger partial charge is 0.494 e. The predicted molar refractivity (Wildman–Crippen MR) is 176 cm³/mol. The van der Waals surface area contributed by atoms with E-state index >= 15 is 0 Å². The molecule has 2 N–H and O–H groups in total. The number of methoxy groups -OCH3 is 1. The lowest BCUT2D eigenvalue weighted by Crippen LogP contribution is -2.52. The van der Waals surface area contributed by atoms with Gasteiger partial charge in [-0.15, -0.1) is 0 Å². The Bertz CT molecular complexity index is 1910. The minimum absolute atomic E-state index is 0.0987. The van der Waals surface area contributed by atoms with Gasteiger partial charge in [-0.2, -0.15) is 5.10 Å². The van der Waals surface area contributed by atoms with Gasteiger partial charge >= 0.3 is 5.97 Å². The van der Waals surface area contributed by atoms with Crippen molar-refractivity contribution in [2.45, 2.75) is 20.5 Å². The number of aliphatic hydroxyl groups is 1. The molecule has 0 spiro atoms. The highest BCUT2D eigenvalue weighted by molar-refractivity contribution is 6.45. The molecule has 2 aromatic carbocycles. The van der Waals surface area contributed by atoms with Crippen molar-refractivity contribution in [3.63, 3.8) is 0 Å². The maximum Gasteiger partial charge on any atom is 0.338 e. The molecule has 4 heterocycles. The summed E-state index contributed by atoms with van der Waals surface area (Å²) in [7, 11) is 1.46. The van der Waals surface area contributed by atoms with Crippen LogP contribution in [0, 0.1) is 6.92 Å². The quantitative estimate of drug-likeness (QED) is 0.145. The summed E-state index contributed by atoms with van der Waals surface area (Å²) in [6.45, 7) is 5.17. The van der Waals surface area contributed by atoms with Crippen molar-refractivity contribution in [1.29, 1.82) is 0 Å². The topological polar surface area (TPSA) is 160 Å². The molecule has 1 aliphatic heterocycles. The molecule has 1 fully saturated rings. The van der Waals surface area contributed by atoms with Crippen LogP contribution in [-0.4, -0.2) is 98.1 Å². The lowest BCUT2D eigenvalue weighted by Gasteiger charge is -2.34. The number of aromatic amines is 1. The zero-order valence-electron chi connectivity index (χ0n) is 26.9. The number of carbonyl (C=O) groups is 4. The normalized spacial score (nSPS) is 12.7. The Hall–Kier alpha value is -5.82. The van der Waals surface area contributed by atoms with Crippen LogP contribution in [-0.2, 0) is 16.1 Å². The van der Waals surface area contributed by atoms with Crippen LogP contribution in [0.2, 0.25) is 0 Å². The first-order chi connectivity index (χ1) is 23.2. The maximum atomic E-state index is 13.3. The molecule has 0 atom stereocenters. The number of carbonyl (C=O) groups excluding carboxylic acids is 4. The summed E-state index contributed by atoms with van der Waals surface area (Å²) in [4.78, 5) is 60.8. The number of ether oxygens (including phenoxy) is 2. The number of esters is 1. The van der Waals surface area contributed by atoms with E-state index in [0.29, 0.717) is 59.0 Å². The van der Waals surface area contributed by atoms with E-state index in [2.05, 4.69) is 15.1 Å². The SMILES string of the molecule is CCOC(=O)c1ccc(C)cc1.COc1cnc(-n2ccc(CO)n2)c2[nH]cc(C(=O)C(=O)N3CCN(C(=O)c4ccccc4)CC3)c12. The minimum atomic E-state index is -0.684. The highest BCUT2D eigenvalue weighted by Gasteiger charge is 2.31. The number of hydrogen-bond donors (Lipinski definition) is 2. The van der Waals surface area contributed by atoms with E-state index in [1.54, 1.807) is 60.5 Å². The number of ketones is 1. The van der Waals surface area contributed by atoms with Gasteiger partial charge in [0.1, 0.15) is 5.75 Å². The first-order valence-electron chi connectivity index (χ1n) is 15.4. The summed E-state index contributed by atoms with van der Waals surface area (Å²) < 4.78 is 11.7.